The molecule has 0 unspecified atom stereocenters. The minimum absolute atomic E-state index is 0.130. The van der Waals surface area contributed by atoms with Gasteiger partial charge in [-0.15, -0.1) is 5.10 Å². The molecular weight excluding hydrogens is 268 g/mol. The maximum absolute atomic E-state index is 12.4. The molecule has 1 N–H and O–H groups in total. The van der Waals surface area contributed by atoms with Crippen molar-refractivity contribution in [3.63, 3.8) is 0 Å². The first-order chi connectivity index (χ1) is 10.3. The fourth-order valence-corrected chi connectivity index (χ4v) is 2.54. The number of carbonyl (C=O) groups excluding carboxylic acids is 1. The quantitative estimate of drug-likeness (QED) is 0.861. The van der Waals surface area contributed by atoms with E-state index in [1.165, 1.54) is 0 Å². The van der Waals surface area contributed by atoms with E-state index in [1.54, 1.807) is 31.5 Å². The van der Waals surface area contributed by atoms with Crippen molar-refractivity contribution in [2.75, 3.05) is 20.2 Å². The molecule has 1 saturated heterocycles. The number of piperidine rings is 1. The summed E-state index contributed by atoms with van der Waals surface area (Å²) in [6, 6.07) is 7.40. The first kappa shape index (κ1) is 13.8. The first-order valence-corrected chi connectivity index (χ1v) is 7.09. The first-order valence-electron chi connectivity index (χ1n) is 7.09. The summed E-state index contributed by atoms with van der Waals surface area (Å²) >= 11 is 0. The van der Waals surface area contributed by atoms with E-state index >= 15 is 0 Å². The maximum atomic E-state index is 12.4. The lowest BCUT2D eigenvalue weighted by atomic mass is 10.1. The Morgan fingerprint density at radius 1 is 1.38 bits per heavy atom. The zero-order valence-electron chi connectivity index (χ0n) is 12.0. The smallest absolute Gasteiger partial charge is 0.215 e. The molecule has 0 bridgehead atoms. The Morgan fingerprint density at radius 3 is 2.95 bits per heavy atom. The number of methoxy groups -OCH3 is 1. The van der Waals surface area contributed by atoms with Crippen molar-refractivity contribution in [2.24, 2.45) is 0 Å². The minimum Gasteiger partial charge on any atom is -0.497 e. The molecule has 21 heavy (non-hydrogen) atoms. The molecule has 0 atom stereocenters. The van der Waals surface area contributed by atoms with Gasteiger partial charge in [0, 0.05) is 5.56 Å². The highest BCUT2D eigenvalue weighted by molar-refractivity contribution is 6.07. The van der Waals surface area contributed by atoms with Crippen LogP contribution in [0.3, 0.4) is 0 Å². The molecule has 6 heteroatoms. The third-order valence-corrected chi connectivity index (χ3v) is 3.76. The third-order valence-electron chi connectivity index (χ3n) is 3.76. The summed E-state index contributed by atoms with van der Waals surface area (Å²) in [6.07, 6.45) is 3.77. The Kier molecular flexibility index (Phi) is 3.96. The number of ether oxygens (including phenoxy) is 1. The van der Waals surface area contributed by atoms with Crippen molar-refractivity contribution in [3.8, 4) is 5.75 Å². The number of hydrogen-bond acceptors (Lipinski definition) is 5. The van der Waals surface area contributed by atoms with Crippen LogP contribution in [0, 0.1) is 0 Å². The lowest BCUT2D eigenvalue weighted by Gasteiger charge is -2.22. The molecule has 0 saturated carbocycles. The molecule has 0 amide bonds. The van der Waals surface area contributed by atoms with Crippen LogP contribution in [0.2, 0.25) is 0 Å². The van der Waals surface area contributed by atoms with Gasteiger partial charge in [0.1, 0.15) is 5.75 Å². The van der Waals surface area contributed by atoms with Crippen molar-refractivity contribution in [3.05, 3.63) is 41.7 Å². The van der Waals surface area contributed by atoms with Crippen LogP contribution in [-0.4, -0.2) is 41.0 Å². The van der Waals surface area contributed by atoms with Crippen molar-refractivity contribution >= 4 is 5.78 Å². The van der Waals surface area contributed by atoms with E-state index in [-0.39, 0.29) is 5.78 Å². The molecule has 1 aliphatic heterocycles. The zero-order chi connectivity index (χ0) is 14.7. The Labute approximate surface area is 123 Å². The number of aromatic nitrogens is 3. The summed E-state index contributed by atoms with van der Waals surface area (Å²) in [7, 11) is 1.58. The molecule has 110 valence electrons. The van der Waals surface area contributed by atoms with Crippen molar-refractivity contribution in [2.45, 2.75) is 18.9 Å². The van der Waals surface area contributed by atoms with Crippen molar-refractivity contribution < 1.29 is 9.53 Å². The average Bonchev–Trinajstić information content (AvgIpc) is 3.05. The fourth-order valence-electron chi connectivity index (χ4n) is 2.54. The van der Waals surface area contributed by atoms with Gasteiger partial charge in [-0.3, -0.25) is 4.79 Å². The monoisotopic (exact) mass is 286 g/mol. The molecule has 2 aromatic rings. The molecule has 1 fully saturated rings. The van der Waals surface area contributed by atoms with Crippen LogP contribution in [0.15, 0.2) is 30.5 Å². The van der Waals surface area contributed by atoms with E-state index in [9.17, 15) is 4.79 Å². The van der Waals surface area contributed by atoms with E-state index in [4.69, 9.17) is 4.74 Å². The van der Waals surface area contributed by atoms with Crippen LogP contribution in [0.1, 0.15) is 34.9 Å². The molecular formula is C15H18N4O2. The molecule has 0 spiro atoms. The van der Waals surface area contributed by atoms with Gasteiger partial charge in [-0.1, -0.05) is 17.3 Å². The van der Waals surface area contributed by atoms with Gasteiger partial charge >= 0.3 is 0 Å². The molecule has 0 aliphatic carbocycles. The SMILES string of the molecule is COc1cccc(C(=O)c2cn(C3CCNCC3)nn2)c1. The van der Waals surface area contributed by atoms with Crippen molar-refractivity contribution in [1.82, 2.24) is 20.3 Å². The van der Waals surface area contributed by atoms with Crippen LogP contribution < -0.4 is 10.1 Å². The maximum Gasteiger partial charge on any atom is 0.215 e. The van der Waals surface area contributed by atoms with Gasteiger partial charge in [0.2, 0.25) is 5.78 Å². The van der Waals surface area contributed by atoms with Gasteiger partial charge in [0.15, 0.2) is 5.69 Å². The normalized spacial score (nSPS) is 15.9. The van der Waals surface area contributed by atoms with Crippen molar-refractivity contribution in [1.29, 1.82) is 0 Å². The second kappa shape index (κ2) is 6.05. The van der Waals surface area contributed by atoms with Crippen LogP contribution in [0.25, 0.3) is 0 Å². The second-order valence-electron chi connectivity index (χ2n) is 5.13. The number of rotatable bonds is 4. The number of nitrogens with one attached hydrogen (secondary N) is 1. The zero-order valence-corrected chi connectivity index (χ0v) is 12.0. The van der Waals surface area contributed by atoms with E-state index < -0.39 is 0 Å². The molecule has 1 aromatic carbocycles. The largest absolute Gasteiger partial charge is 0.497 e. The average molecular weight is 286 g/mol. The van der Waals surface area contributed by atoms with Gasteiger partial charge in [0.05, 0.1) is 19.3 Å². The predicted octanol–water partition coefficient (Wildman–Crippen LogP) is 1.44. The summed E-state index contributed by atoms with van der Waals surface area (Å²) in [5.41, 5.74) is 0.938. The molecule has 1 aliphatic rings. The highest BCUT2D eigenvalue weighted by Crippen LogP contribution is 2.19. The number of ketones is 1. The second-order valence-corrected chi connectivity index (χ2v) is 5.13. The fraction of sp³-hybridized carbons (Fsp3) is 0.400. The van der Waals surface area contributed by atoms with Gasteiger partial charge in [-0.25, -0.2) is 4.68 Å². The predicted molar refractivity (Wildman–Crippen MR) is 77.6 cm³/mol. The number of hydrogen-bond donors (Lipinski definition) is 1. The molecule has 2 heterocycles. The molecule has 1 aromatic heterocycles. The van der Waals surface area contributed by atoms with Gasteiger partial charge < -0.3 is 10.1 Å². The summed E-state index contributed by atoms with van der Waals surface area (Å²) in [4.78, 5) is 12.4. The topological polar surface area (TPSA) is 69.0 Å². The minimum atomic E-state index is -0.130. The standard InChI is InChI=1S/C15H18N4O2/c1-21-13-4-2-3-11(9-13)15(20)14-10-19(18-17-14)12-5-7-16-8-6-12/h2-4,9-10,12,16H,5-8H2,1H3. The van der Waals surface area contributed by atoms with Crippen LogP contribution in [0.5, 0.6) is 5.75 Å². The Hall–Kier alpha value is -2.21. The molecule has 0 radical (unpaired) electrons. The Bertz CT molecular complexity index is 632. The summed E-state index contributed by atoms with van der Waals surface area (Å²) in [5.74, 6) is 0.528. The lowest BCUT2D eigenvalue weighted by Crippen LogP contribution is -2.29. The number of benzene rings is 1. The van der Waals surface area contributed by atoms with Gasteiger partial charge in [-0.05, 0) is 38.1 Å². The van der Waals surface area contributed by atoms with Gasteiger partial charge in [0.25, 0.3) is 0 Å². The van der Waals surface area contributed by atoms with E-state index in [0.717, 1.165) is 25.9 Å². The highest BCUT2D eigenvalue weighted by atomic mass is 16.5. The summed E-state index contributed by atoms with van der Waals surface area (Å²) in [5, 5.41) is 11.5. The van der Waals surface area contributed by atoms with Gasteiger partial charge in [-0.2, -0.15) is 0 Å². The number of carbonyl (C=O) groups is 1. The summed E-state index contributed by atoms with van der Waals surface area (Å²) in [6.45, 7) is 1.95. The van der Waals surface area contributed by atoms with E-state index in [1.807, 2.05) is 10.7 Å². The van der Waals surface area contributed by atoms with E-state index in [2.05, 4.69) is 15.6 Å². The van der Waals surface area contributed by atoms with Crippen LogP contribution in [-0.2, 0) is 0 Å². The Balaban J connectivity index is 1.80. The highest BCUT2D eigenvalue weighted by Gasteiger charge is 2.19. The Morgan fingerprint density at radius 2 is 2.19 bits per heavy atom. The molecule has 3 rings (SSSR count). The summed E-state index contributed by atoms with van der Waals surface area (Å²) < 4.78 is 6.95. The van der Waals surface area contributed by atoms with E-state index in [0.29, 0.717) is 23.0 Å². The molecule has 6 nitrogen and oxygen atoms in total. The lowest BCUT2D eigenvalue weighted by molar-refractivity contribution is 0.103. The van der Waals surface area contributed by atoms with Crippen LogP contribution >= 0.6 is 0 Å². The number of nitrogens with zero attached hydrogens (tertiary/aromatic N) is 3. The van der Waals surface area contributed by atoms with Crippen LogP contribution in [0.4, 0.5) is 0 Å². The third kappa shape index (κ3) is 2.95.